The number of carbonyl (C=O) groups is 1. The summed E-state index contributed by atoms with van der Waals surface area (Å²) in [7, 11) is 0. The first-order chi connectivity index (χ1) is 8.06. The van der Waals surface area contributed by atoms with E-state index in [2.05, 4.69) is 26.8 Å². The van der Waals surface area contributed by atoms with Gasteiger partial charge in [-0.2, -0.15) is 0 Å². The molecule has 2 heteroatoms. The number of ether oxygens (including phenoxy) is 1. The summed E-state index contributed by atoms with van der Waals surface area (Å²) in [5.41, 5.74) is 1.40. The largest absolute Gasteiger partial charge is 0.381 e. The van der Waals surface area contributed by atoms with E-state index in [0.717, 1.165) is 19.3 Å². The third kappa shape index (κ3) is 11.6. The zero-order valence-electron chi connectivity index (χ0n) is 11.9. The quantitative estimate of drug-likeness (QED) is 0.328. The van der Waals surface area contributed by atoms with E-state index in [-0.39, 0.29) is 0 Å². The summed E-state index contributed by atoms with van der Waals surface area (Å²) in [6, 6.07) is 0. The second kappa shape index (κ2) is 10.5. The molecule has 0 amide bonds. The smallest absolute Gasteiger partial charge is 0.120 e. The molecule has 0 aromatic carbocycles. The average Bonchev–Trinajstić information content (AvgIpc) is 2.24. The van der Waals surface area contributed by atoms with Crippen LogP contribution in [0.5, 0.6) is 0 Å². The molecule has 0 aromatic rings. The van der Waals surface area contributed by atoms with Crippen LogP contribution in [0.2, 0.25) is 0 Å². The van der Waals surface area contributed by atoms with Crippen LogP contribution in [-0.2, 0) is 9.53 Å². The summed E-state index contributed by atoms with van der Waals surface area (Å²) in [6.07, 6.45) is 7.39. The van der Waals surface area contributed by atoms with Gasteiger partial charge in [-0.1, -0.05) is 25.5 Å². The summed E-state index contributed by atoms with van der Waals surface area (Å²) in [5, 5.41) is 0. The van der Waals surface area contributed by atoms with Crippen molar-refractivity contribution in [1.29, 1.82) is 0 Å². The lowest BCUT2D eigenvalue weighted by atomic mass is 10.0. The van der Waals surface area contributed by atoms with Crippen molar-refractivity contribution in [3.05, 3.63) is 11.6 Å². The third-order valence-corrected chi connectivity index (χ3v) is 2.87. The highest BCUT2D eigenvalue weighted by Crippen LogP contribution is 2.12. The number of hydrogen-bond donors (Lipinski definition) is 0. The van der Waals surface area contributed by atoms with E-state index in [1.54, 1.807) is 0 Å². The normalized spacial score (nSPS) is 14.1. The topological polar surface area (TPSA) is 26.3 Å². The van der Waals surface area contributed by atoms with Crippen LogP contribution in [0.25, 0.3) is 0 Å². The summed E-state index contributed by atoms with van der Waals surface area (Å²) in [6.45, 7) is 10.1. The van der Waals surface area contributed by atoms with E-state index in [9.17, 15) is 4.79 Å². The minimum absolute atomic E-state index is 0.355. The Morgan fingerprint density at radius 2 is 1.88 bits per heavy atom. The highest BCUT2D eigenvalue weighted by Gasteiger charge is 2.03. The van der Waals surface area contributed by atoms with E-state index in [1.165, 1.54) is 18.4 Å². The van der Waals surface area contributed by atoms with Crippen LogP contribution >= 0.6 is 0 Å². The molecule has 0 radical (unpaired) electrons. The Hall–Kier alpha value is -0.630. The minimum Gasteiger partial charge on any atom is -0.381 e. The Kier molecular flexibility index (Phi) is 10.1. The van der Waals surface area contributed by atoms with Gasteiger partial charge in [-0.25, -0.2) is 0 Å². The maximum absolute atomic E-state index is 10.3. The Balaban J connectivity index is 3.41. The first-order valence-electron chi connectivity index (χ1n) is 6.71. The van der Waals surface area contributed by atoms with Gasteiger partial charge in [0.2, 0.25) is 0 Å². The minimum atomic E-state index is 0.355. The molecule has 0 N–H and O–H groups in total. The van der Waals surface area contributed by atoms with Crippen molar-refractivity contribution in [2.45, 2.75) is 53.4 Å². The number of rotatable bonds is 10. The molecule has 0 heterocycles. The molecule has 100 valence electrons. The van der Waals surface area contributed by atoms with E-state index in [0.29, 0.717) is 24.9 Å². The number of carbonyl (C=O) groups excluding carboxylic acids is 1. The molecule has 2 atom stereocenters. The standard InChI is InChI=1S/C15H28O2/c1-13(2)6-5-7-14(3)9-11-17-12-15(4)8-10-16/h6,10,14-15H,5,7-9,11-12H2,1-4H3. The molecule has 0 saturated carbocycles. The predicted octanol–water partition coefficient (Wildman–Crippen LogP) is 4.00. The van der Waals surface area contributed by atoms with Crippen LogP contribution in [0.3, 0.4) is 0 Å². The highest BCUT2D eigenvalue weighted by atomic mass is 16.5. The van der Waals surface area contributed by atoms with Crippen molar-refractivity contribution in [1.82, 2.24) is 0 Å². The highest BCUT2D eigenvalue weighted by molar-refractivity contribution is 5.49. The second-order valence-electron chi connectivity index (χ2n) is 5.34. The Morgan fingerprint density at radius 3 is 2.47 bits per heavy atom. The van der Waals surface area contributed by atoms with Gasteiger partial charge in [0, 0.05) is 19.6 Å². The first kappa shape index (κ1) is 16.4. The van der Waals surface area contributed by atoms with Crippen LogP contribution in [0.1, 0.15) is 53.4 Å². The number of allylic oxidation sites excluding steroid dienone is 2. The van der Waals surface area contributed by atoms with Crippen LogP contribution in [0.15, 0.2) is 11.6 Å². The van der Waals surface area contributed by atoms with Crippen molar-refractivity contribution in [3.63, 3.8) is 0 Å². The van der Waals surface area contributed by atoms with E-state index >= 15 is 0 Å². The molecule has 0 saturated heterocycles. The van der Waals surface area contributed by atoms with E-state index < -0.39 is 0 Å². The van der Waals surface area contributed by atoms with E-state index in [1.807, 2.05) is 6.92 Å². The lowest BCUT2D eigenvalue weighted by molar-refractivity contribution is -0.109. The molecule has 0 bridgehead atoms. The molecule has 2 unspecified atom stereocenters. The van der Waals surface area contributed by atoms with Gasteiger partial charge in [-0.3, -0.25) is 0 Å². The molecule has 17 heavy (non-hydrogen) atoms. The zero-order valence-corrected chi connectivity index (χ0v) is 11.9. The molecular weight excluding hydrogens is 212 g/mol. The summed E-state index contributed by atoms with van der Waals surface area (Å²) >= 11 is 0. The van der Waals surface area contributed by atoms with Gasteiger partial charge in [0.1, 0.15) is 6.29 Å². The monoisotopic (exact) mass is 240 g/mol. The van der Waals surface area contributed by atoms with Crippen molar-refractivity contribution >= 4 is 6.29 Å². The number of hydrogen-bond acceptors (Lipinski definition) is 2. The first-order valence-corrected chi connectivity index (χ1v) is 6.71. The van der Waals surface area contributed by atoms with Gasteiger partial charge < -0.3 is 9.53 Å². The van der Waals surface area contributed by atoms with Gasteiger partial charge in [0.15, 0.2) is 0 Å². The molecule has 0 spiro atoms. The average molecular weight is 240 g/mol. The summed E-state index contributed by atoms with van der Waals surface area (Å²) in [4.78, 5) is 10.3. The Bertz CT molecular complexity index is 217. The zero-order chi connectivity index (χ0) is 13.1. The maximum atomic E-state index is 10.3. The summed E-state index contributed by atoms with van der Waals surface area (Å²) < 4.78 is 5.57. The second-order valence-corrected chi connectivity index (χ2v) is 5.34. The Labute approximate surface area is 106 Å². The lowest BCUT2D eigenvalue weighted by Crippen LogP contribution is -2.09. The third-order valence-electron chi connectivity index (χ3n) is 2.87. The van der Waals surface area contributed by atoms with E-state index in [4.69, 9.17) is 4.74 Å². The number of aldehydes is 1. The molecule has 0 aromatic heterocycles. The fourth-order valence-electron chi connectivity index (χ4n) is 1.60. The van der Waals surface area contributed by atoms with Crippen molar-refractivity contribution < 1.29 is 9.53 Å². The van der Waals surface area contributed by atoms with Crippen LogP contribution in [0, 0.1) is 11.8 Å². The van der Waals surface area contributed by atoms with Gasteiger partial charge in [0.25, 0.3) is 0 Å². The molecule has 2 nitrogen and oxygen atoms in total. The Morgan fingerprint density at radius 1 is 1.18 bits per heavy atom. The molecule has 0 rings (SSSR count). The van der Waals surface area contributed by atoms with Crippen molar-refractivity contribution in [3.8, 4) is 0 Å². The van der Waals surface area contributed by atoms with Crippen molar-refractivity contribution in [2.75, 3.05) is 13.2 Å². The fourth-order valence-corrected chi connectivity index (χ4v) is 1.60. The molecular formula is C15H28O2. The van der Waals surface area contributed by atoms with Gasteiger partial charge >= 0.3 is 0 Å². The van der Waals surface area contributed by atoms with Crippen LogP contribution in [-0.4, -0.2) is 19.5 Å². The van der Waals surface area contributed by atoms with Crippen LogP contribution < -0.4 is 0 Å². The maximum Gasteiger partial charge on any atom is 0.120 e. The fraction of sp³-hybridized carbons (Fsp3) is 0.800. The molecule has 0 aliphatic carbocycles. The van der Waals surface area contributed by atoms with Gasteiger partial charge in [0.05, 0.1) is 0 Å². The molecule has 0 aliphatic rings. The SMILES string of the molecule is CC(C)=CCCC(C)CCOCC(C)CC=O. The predicted molar refractivity (Wildman–Crippen MR) is 73.1 cm³/mol. The lowest BCUT2D eigenvalue weighted by Gasteiger charge is -2.12. The van der Waals surface area contributed by atoms with Gasteiger partial charge in [-0.15, -0.1) is 0 Å². The molecule has 0 aliphatic heterocycles. The van der Waals surface area contributed by atoms with Crippen molar-refractivity contribution in [2.24, 2.45) is 11.8 Å². The molecule has 0 fully saturated rings. The summed E-state index contributed by atoms with van der Waals surface area (Å²) in [5.74, 6) is 1.07. The van der Waals surface area contributed by atoms with Crippen LogP contribution in [0.4, 0.5) is 0 Å². The van der Waals surface area contributed by atoms with Gasteiger partial charge in [-0.05, 0) is 44.9 Å².